The van der Waals surface area contributed by atoms with E-state index in [-0.39, 0.29) is 28.5 Å². The van der Waals surface area contributed by atoms with E-state index in [0.29, 0.717) is 16.7 Å². The Morgan fingerprint density at radius 2 is 1.88 bits per heavy atom. The van der Waals surface area contributed by atoms with Crippen molar-refractivity contribution in [1.29, 1.82) is 0 Å². The average molecular weight is 514 g/mol. The monoisotopic (exact) mass is 513 g/mol. The van der Waals surface area contributed by atoms with Crippen LogP contribution in [0.25, 0.3) is 5.57 Å². The van der Waals surface area contributed by atoms with E-state index in [1.807, 2.05) is 0 Å². The van der Waals surface area contributed by atoms with Gasteiger partial charge in [0.2, 0.25) is 11.8 Å². The number of halogens is 5. The smallest absolute Gasteiger partial charge is 0.433 e. The van der Waals surface area contributed by atoms with Crippen LogP contribution in [-0.4, -0.2) is 28.2 Å². The van der Waals surface area contributed by atoms with Crippen LogP contribution in [0.4, 0.5) is 24.8 Å². The Kier molecular flexibility index (Phi) is 7.85. The Bertz CT molecular complexity index is 1240. The molecule has 3 aromatic rings. The number of hydrogen-bond donors (Lipinski definition) is 2. The SMILES string of the molecule is CO/C=C(/C(=O)O)c1ccccc1COc1cc(C(F)(F)F)nc(Nc2ccc(Cl)cc2Cl)n1. The summed E-state index contributed by atoms with van der Waals surface area (Å²) in [6, 6.07) is 11.3. The van der Waals surface area contributed by atoms with E-state index < -0.39 is 29.7 Å². The Labute approximate surface area is 201 Å². The number of nitrogens with one attached hydrogen (secondary N) is 1. The van der Waals surface area contributed by atoms with Crippen LogP contribution in [0.5, 0.6) is 5.88 Å². The largest absolute Gasteiger partial charge is 0.503 e. The van der Waals surface area contributed by atoms with Crippen molar-refractivity contribution in [3.05, 3.63) is 81.7 Å². The van der Waals surface area contributed by atoms with Gasteiger partial charge in [-0.25, -0.2) is 9.78 Å². The van der Waals surface area contributed by atoms with Crippen molar-refractivity contribution in [3.63, 3.8) is 0 Å². The first-order chi connectivity index (χ1) is 16.1. The van der Waals surface area contributed by atoms with Crippen LogP contribution in [-0.2, 0) is 22.3 Å². The standard InChI is InChI=1S/C22H16Cl2F3N3O4/c1-33-11-15(20(31)32)14-5-3-2-4-12(14)10-34-19-9-18(22(25,26)27)29-21(30-19)28-17-7-6-13(23)8-16(17)24/h2-9,11H,10H2,1H3,(H,31,32)(H,28,29,30)/b15-11+. The lowest BCUT2D eigenvalue weighted by Crippen LogP contribution is -2.12. The molecule has 0 saturated heterocycles. The van der Waals surface area contributed by atoms with Crippen LogP contribution in [0.2, 0.25) is 10.0 Å². The maximum atomic E-state index is 13.4. The van der Waals surface area contributed by atoms with E-state index in [9.17, 15) is 23.1 Å². The van der Waals surface area contributed by atoms with Crippen molar-refractivity contribution in [2.24, 2.45) is 0 Å². The minimum absolute atomic E-state index is 0.149. The quantitative estimate of drug-likeness (QED) is 0.273. The zero-order valence-corrected chi connectivity index (χ0v) is 18.9. The molecule has 0 amide bonds. The zero-order chi connectivity index (χ0) is 24.9. The first kappa shape index (κ1) is 25.1. The molecule has 2 aromatic carbocycles. The number of ether oxygens (including phenoxy) is 2. The predicted molar refractivity (Wildman–Crippen MR) is 120 cm³/mol. The van der Waals surface area contributed by atoms with Crippen molar-refractivity contribution < 1.29 is 32.5 Å². The lowest BCUT2D eigenvalue weighted by Gasteiger charge is -2.14. The highest BCUT2D eigenvalue weighted by Crippen LogP contribution is 2.33. The molecule has 0 spiro atoms. The summed E-state index contributed by atoms with van der Waals surface area (Å²) in [7, 11) is 1.29. The highest BCUT2D eigenvalue weighted by molar-refractivity contribution is 6.36. The third-order valence-corrected chi connectivity index (χ3v) is 4.87. The summed E-state index contributed by atoms with van der Waals surface area (Å²) >= 11 is 11.9. The van der Waals surface area contributed by atoms with Gasteiger partial charge >= 0.3 is 12.1 Å². The molecule has 0 unspecified atom stereocenters. The summed E-state index contributed by atoms with van der Waals surface area (Å²) in [4.78, 5) is 19.0. The van der Waals surface area contributed by atoms with E-state index in [1.165, 1.54) is 31.4 Å². The van der Waals surface area contributed by atoms with Gasteiger partial charge in [0, 0.05) is 11.1 Å². The number of rotatable bonds is 8. The van der Waals surface area contributed by atoms with Crippen LogP contribution < -0.4 is 10.1 Å². The molecule has 3 rings (SSSR count). The number of carboxylic acids is 1. The number of hydrogen-bond acceptors (Lipinski definition) is 6. The van der Waals surface area contributed by atoms with Gasteiger partial charge in [0.25, 0.3) is 0 Å². The molecule has 0 saturated carbocycles. The molecular formula is C22H16Cl2F3N3O4. The third-order valence-electron chi connectivity index (χ3n) is 4.32. The van der Waals surface area contributed by atoms with E-state index in [0.717, 1.165) is 6.26 Å². The first-order valence-electron chi connectivity index (χ1n) is 9.44. The number of carbonyl (C=O) groups is 1. The molecule has 7 nitrogen and oxygen atoms in total. The van der Waals surface area contributed by atoms with E-state index >= 15 is 0 Å². The van der Waals surface area contributed by atoms with Crippen molar-refractivity contribution >= 4 is 46.4 Å². The fraction of sp³-hybridized carbons (Fsp3) is 0.136. The Morgan fingerprint density at radius 1 is 1.15 bits per heavy atom. The van der Waals surface area contributed by atoms with Gasteiger partial charge in [-0.15, -0.1) is 0 Å². The first-order valence-corrected chi connectivity index (χ1v) is 10.2. The van der Waals surface area contributed by atoms with Crippen molar-refractivity contribution in [2.45, 2.75) is 12.8 Å². The molecule has 34 heavy (non-hydrogen) atoms. The third kappa shape index (κ3) is 6.30. The maximum absolute atomic E-state index is 13.4. The molecule has 0 aliphatic carbocycles. The molecule has 0 radical (unpaired) electrons. The van der Waals surface area contributed by atoms with Crippen LogP contribution in [0, 0.1) is 0 Å². The van der Waals surface area contributed by atoms with Crippen LogP contribution in [0.15, 0.2) is 54.8 Å². The molecule has 0 fully saturated rings. The number of nitrogens with zero attached hydrogens (tertiary/aromatic N) is 2. The van der Waals surface area contributed by atoms with Gasteiger partial charge in [-0.2, -0.15) is 18.2 Å². The maximum Gasteiger partial charge on any atom is 0.433 e. The summed E-state index contributed by atoms with van der Waals surface area (Å²) in [6.07, 6.45) is -3.73. The van der Waals surface area contributed by atoms with Crippen molar-refractivity contribution in [2.75, 3.05) is 12.4 Å². The molecule has 0 aliphatic heterocycles. The Hall–Kier alpha value is -3.50. The lowest BCUT2D eigenvalue weighted by molar-refractivity contribution is -0.141. The number of alkyl halides is 3. The van der Waals surface area contributed by atoms with Crippen LogP contribution in [0.1, 0.15) is 16.8 Å². The van der Waals surface area contributed by atoms with Crippen LogP contribution >= 0.6 is 23.2 Å². The number of carboxylic acid groups (broad SMARTS) is 1. The molecule has 0 aliphatic rings. The summed E-state index contributed by atoms with van der Waals surface area (Å²) in [5, 5.41) is 12.6. The van der Waals surface area contributed by atoms with Gasteiger partial charge in [0.05, 0.1) is 24.1 Å². The Balaban J connectivity index is 1.93. The highest BCUT2D eigenvalue weighted by Gasteiger charge is 2.34. The highest BCUT2D eigenvalue weighted by atomic mass is 35.5. The average Bonchev–Trinajstić information content (AvgIpc) is 2.77. The molecule has 1 heterocycles. The lowest BCUT2D eigenvalue weighted by atomic mass is 10.0. The fourth-order valence-corrected chi connectivity index (χ4v) is 3.27. The number of aromatic nitrogens is 2. The molecule has 1 aromatic heterocycles. The Morgan fingerprint density at radius 3 is 2.53 bits per heavy atom. The number of benzene rings is 2. The summed E-state index contributed by atoms with van der Waals surface area (Å²) in [5.41, 5.74) is -0.509. The predicted octanol–water partition coefficient (Wildman–Crippen LogP) is 6.20. The molecule has 178 valence electrons. The number of anilines is 2. The van der Waals surface area contributed by atoms with Gasteiger partial charge in [0.15, 0.2) is 5.69 Å². The van der Waals surface area contributed by atoms with E-state index in [2.05, 4.69) is 15.3 Å². The molecule has 0 atom stereocenters. The second-order valence-corrected chi connectivity index (χ2v) is 7.52. The van der Waals surface area contributed by atoms with E-state index in [1.54, 1.807) is 18.2 Å². The van der Waals surface area contributed by atoms with Crippen molar-refractivity contribution in [3.8, 4) is 5.88 Å². The summed E-state index contributed by atoms with van der Waals surface area (Å²) in [6.45, 7) is -0.278. The summed E-state index contributed by atoms with van der Waals surface area (Å²) in [5.74, 6) is -2.05. The topological polar surface area (TPSA) is 93.6 Å². The van der Waals surface area contributed by atoms with Gasteiger partial charge < -0.3 is 19.9 Å². The minimum Gasteiger partial charge on any atom is -0.503 e. The molecule has 12 heteroatoms. The van der Waals surface area contributed by atoms with Gasteiger partial charge in [-0.3, -0.25) is 0 Å². The summed E-state index contributed by atoms with van der Waals surface area (Å²) < 4.78 is 50.6. The van der Waals surface area contributed by atoms with Gasteiger partial charge in [-0.05, 0) is 29.3 Å². The second kappa shape index (κ2) is 10.6. The molecular weight excluding hydrogens is 498 g/mol. The van der Waals surface area contributed by atoms with Gasteiger partial charge in [0.1, 0.15) is 12.2 Å². The zero-order valence-electron chi connectivity index (χ0n) is 17.4. The van der Waals surface area contributed by atoms with Crippen LogP contribution in [0.3, 0.4) is 0 Å². The second-order valence-electron chi connectivity index (χ2n) is 6.68. The van der Waals surface area contributed by atoms with Crippen molar-refractivity contribution in [1.82, 2.24) is 9.97 Å². The normalized spacial score (nSPS) is 11.8. The van der Waals surface area contributed by atoms with E-state index in [4.69, 9.17) is 32.7 Å². The number of aliphatic carboxylic acids is 1. The van der Waals surface area contributed by atoms with Gasteiger partial charge in [-0.1, -0.05) is 47.5 Å². The molecule has 0 bridgehead atoms. The molecule has 2 N–H and O–H groups in total. The fourth-order valence-electron chi connectivity index (χ4n) is 2.82. The number of methoxy groups -OCH3 is 1. The minimum atomic E-state index is -4.78.